The van der Waals surface area contributed by atoms with Crippen LogP contribution in [0.1, 0.15) is 5.69 Å². The lowest BCUT2D eigenvalue weighted by Gasteiger charge is -2.09. The van der Waals surface area contributed by atoms with Gasteiger partial charge in [-0.25, -0.2) is 4.68 Å². The Bertz CT molecular complexity index is 795. The molecule has 6 heteroatoms. The number of halogens is 3. The number of aromatic hydroxyl groups is 1. The second-order valence-corrected chi connectivity index (χ2v) is 4.68. The zero-order valence-electron chi connectivity index (χ0n) is 11.2. The first kappa shape index (κ1) is 14.2. The topological polar surface area (TPSA) is 38.0 Å². The van der Waals surface area contributed by atoms with E-state index in [1.165, 1.54) is 24.3 Å². The van der Waals surface area contributed by atoms with Gasteiger partial charge in [0.2, 0.25) is 0 Å². The van der Waals surface area contributed by atoms with Crippen molar-refractivity contribution in [2.45, 2.75) is 6.18 Å². The molecule has 0 atom stereocenters. The molecule has 0 spiro atoms. The highest BCUT2D eigenvalue weighted by Crippen LogP contribution is 2.36. The van der Waals surface area contributed by atoms with Crippen molar-refractivity contribution in [1.82, 2.24) is 9.78 Å². The van der Waals surface area contributed by atoms with E-state index in [1.807, 2.05) is 0 Å². The average Bonchev–Trinajstić information content (AvgIpc) is 2.94. The number of hydrogen-bond acceptors (Lipinski definition) is 2. The first-order valence-electron chi connectivity index (χ1n) is 6.48. The van der Waals surface area contributed by atoms with Gasteiger partial charge in [0.1, 0.15) is 11.4 Å². The van der Waals surface area contributed by atoms with Crippen molar-refractivity contribution in [3.63, 3.8) is 0 Å². The van der Waals surface area contributed by atoms with E-state index in [1.54, 1.807) is 30.3 Å². The number of para-hydroxylation sites is 2. The molecule has 3 nitrogen and oxygen atoms in total. The molecular formula is C16H11F3N2O. The molecule has 0 aliphatic heterocycles. The number of hydrogen-bond donors (Lipinski definition) is 1. The minimum atomic E-state index is -4.55. The van der Waals surface area contributed by atoms with Gasteiger partial charge in [-0.15, -0.1) is 0 Å². The van der Waals surface area contributed by atoms with Crippen molar-refractivity contribution in [2.75, 3.05) is 0 Å². The van der Waals surface area contributed by atoms with Gasteiger partial charge in [0, 0.05) is 5.56 Å². The molecular weight excluding hydrogens is 293 g/mol. The summed E-state index contributed by atoms with van der Waals surface area (Å²) in [5.41, 5.74) is -0.273. The van der Waals surface area contributed by atoms with Gasteiger partial charge in [-0.05, 0) is 30.3 Å². The highest BCUT2D eigenvalue weighted by Gasteiger charge is 2.36. The Hall–Kier alpha value is -2.76. The molecule has 2 aromatic carbocycles. The molecule has 1 N–H and O–H groups in total. The van der Waals surface area contributed by atoms with Crippen molar-refractivity contribution in [3.05, 3.63) is 66.4 Å². The SMILES string of the molecule is Oc1ccccc1-c1cc(C(F)(F)F)n(-c2ccccc2)n1. The van der Waals surface area contributed by atoms with Crippen LogP contribution in [0.3, 0.4) is 0 Å². The smallest absolute Gasteiger partial charge is 0.433 e. The van der Waals surface area contributed by atoms with Crippen LogP contribution in [0.4, 0.5) is 13.2 Å². The maximum atomic E-state index is 13.2. The molecule has 0 saturated carbocycles. The zero-order valence-corrected chi connectivity index (χ0v) is 11.2. The monoisotopic (exact) mass is 304 g/mol. The van der Waals surface area contributed by atoms with Crippen LogP contribution in [0.15, 0.2) is 60.7 Å². The van der Waals surface area contributed by atoms with E-state index in [9.17, 15) is 18.3 Å². The number of rotatable bonds is 2. The van der Waals surface area contributed by atoms with E-state index < -0.39 is 11.9 Å². The van der Waals surface area contributed by atoms with Crippen molar-refractivity contribution < 1.29 is 18.3 Å². The Kier molecular flexibility index (Phi) is 3.36. The summed E-state index contributed by atoms with van der Waals surface area (Å²) >= 11 is 0. The van der Waals surface area contributed by atoms with Crippen LogP contribution in [-0.4, -0.2) is 14.9 Å². The molecule has 0 fully saturated rings. The van der Waals surface area contributed by atoms with Crippen LogP contribution in [0, 0.1) is 0 Å². The van der Waals surface area contributed by atoms with Gasteiger partial charge in [-0.3, -0.25) is 0 Å². The highest BCUT2D eigenvalue weighted by molar-refractivity contribution is 5.67. The number of alkyl halides is 3. The summed E-state index contributed by atoms with van der Waals surface area (Å²) in [5.74, 6) is -0.117. The Morgan fingerprint density at radius 3 is 2.18 bits per heavy atom. The first-order valence-corrected chi connectivity index (χ1v) is 6.48. The average molecular weight is 304 g/mol. The molecule has 1 heterocycles. The van der Waals surface area contributed by atoms with E-state index in [-0.39, 0.29) is 17.0 Å². The van der Waals surface area contributed by atoms with Gasteiger partial charge >= 0.3 is 6.18 Å². The van der Waals surface area contributed by atoms with Gasteiger partial charge in [0.25, 0.3) is 0 Å². The van der Waals surface area contributed by atoms with Gasteiger partial charge < -0.3 is 5.11 Å². The van der Waals surface area contributed by atoms with E-state index >= 15 is 0 Å². The van der Waals surface area contributed by atoms with Crippen molar-refractivity contribution >= 4 is 0 Å². The van der Waals surface area contributed by atoms with Crippen LogP contribution in [0.25, 0.3) is 16.9 Å². The summed E-state index contributed by atoms with van der Waals surface area (Å²) in [6.45, 7) is 0. The number of benzene rings is 2. The Morgan fingerprint density at radius 2 is 1.55 bits per heavy atom. The van der Waals surface area contributed by atoms with Crippen LogP contribution >= 0.6 is 0 Å². The third-order valence-corrected chi connectivity index (χ3v) is 3.18. The van der Waals surface area contributed by atoms with E-state index in [0.29, 0.717) is 5.69 Å². The van der Waals surface area contributed by atoms with Crippen molar-refractivity contribution in [3.8, 4) is 22.7 Å². The molecule has 1 aromatic heterocycles. The van der Waals surface area contributed by atoms with Crippen LogP contribution in [0.2, 0.25) is 0 Å². The minimum absolute atomic E-state index is 0.0641. The molecule has 3 aromatic rings. The van der Waals surface area contributed by atoms with Gasteiger partial charge in [-0.2, -0.15) is 18.3 Å². The van der Waals surface area contributed by atoms with Crippen molar-refractivity contribution in [1.29, 1.82) is 0 Å². The minimum Gasteiger partial charge on any atom is -0.507 e. The summed E-state index contributed by atoms with van der Waals surface area (Å²) < 4.78 is 40.6. The summed E-state index contributed by atoms with van der Waals surface area (Å²) in [6, 6.07) is 15.1. The Labute approximate surface area is 124 Å². The number of aromatic nitrogens is 2. The van der Waals surface area contributed by atoms with Crippen molar-refractivity contribution in [2.24, 2.45) is 0 Å². The lowest BCUT2D eigenvalue weighted by molar-refractivity contribution is -0.142. The van der Waals surface area contributed by atoms with Crippen LogP contribution < -0.4 is 0 Å². The summed E-state index contributed by atoms with van der Waals surface area (Å²) in [5, 5.41) is 13.8. The third-order valence-electron chi connectivity index (χ3n) is 3.18. The fourth-order valence-electron chi connectivity index (χ4n) is 2.17. The molecule has 0 unspecified atom stereocenters. The fourth-order valence-corrected chi connectivity index (χ4v) is 2.17. The first-order chi connectivity index (χ1) is 10.5. The van der Waals surface area contributed by atoms with Gasteiger partial charge in [-0.1, -0.05) is 30.3 Å². The predicted octanol–water partition coefficient (Wildman–Crippen LogP) is 4.26. The molecule has 112 valence electrons. The molecule has 3 rings (SSSR count). The molecule has 0 saturated heterocycles. The van der Waals surface area contributed by atoms with E-state index in [0.717, 1.165) is 10.7 Å². The van der Waals surface area contributed by atoms with Crippen LogP contribution in [-0.2, 0) is 6.18 Å². The van der Waals surface area contributed by atoms with Gasteiger partial charge in [0.15, 0.2) is 0 Å². The molecule has 0 radical (unpaired) electrons. The number of nitrogens with zero attached hydrogens (tertiary/aromatic N) is 2. The Balaban J connectivity index is 2.20. The summed E-state index contributed by atoms with van der Waals surface area (Å²) in [4.78, 5) is 0. The lowest BCUT2D eigenvalue weighted by atomic mass is 10.1. The largest absolute Gasteiger partial charge is 0.507 e. The third kappa shape index (κ3) is 2.55. The number of phenolic OH excluding ortho intramolecular Hbond substituents is 1. The summed E-state index contributed by atoms with van der Waals surface area (Å²) in [6.07, 6.45) is -4.55. The van der Waals surface area contributed by atoms with Gasteiger partial charge in [0.05, 0.1) is 11.4 Å². The molecule has 0 amide bonds. The second kappa shape index (κ2) is 5.22. The fraction of sp³-hybridized carbons (Fsp3) is 0.0625. The maximum Gasteiger partial charge on any atom is 0.433 e. The zero-order chi connectivity index (χ0) is 15.7. The number of phenols is 1. The molecule has 0 bridgehead atoms. The predicted molar refractivity (Wildman–Crippen MR) is 75.7 cm³/mol. The highest BCUT2D eigenvalue weighted by atomic mass is 19.4. The van der Waals surface area contributed by atoms with E-state index in [4.69, 9.17) is 0 Å². The second-order valence-electron chi connectivity index (χ2n) is 4.68. The standard InChI is InChI=1S/C16H11F3N2O/c17-16(18,19)15-10-13(12-8-4-5-9-14(12)22)20-21(15)11-6-2-1-3-7-11/h1-10,22H. The lowest BCUT2D eigenvalue weighted by Crippen LogP contribution is -2.13. The maximum absolute atomic E-state index is 13.2. The summed E-state index contributed by atoms with van der Waals surface area (Å²) in [7, 11) is 0. The Morgan fingerprint density at radius 1 is 0.909 bits per heavy atom. The van der Waals surface area contributed by atoms with Crippen LogP contribution in [0.5, 0.6) is 5.75 Å². The normalized spacial score (nSPS) is 11.6. The molecule has 0 aliphatic carbocycles. The molecule has 22 heavy (non-hydrogen) atoms. The quantitative estimate of drug-likeness (QED) is 0.768. The molecule has 0 aliphatic rings. The van der Waals surface area contributed by atoms with E-state index in [2.05, 4.69) is 5.10 Å².